The molecule has 0 spiro atoms. The second-order valence-electron chi connectivity index (χ2n) is 23.4. The lowest BCUT2D eigenvalue weighted by Gasteiger charge is -2.19. The first-order valence-corrected chi connectivity index (χ1v) is 30.7. The number of hydrogen-bond acceptors (Lipinski definition) is 14. The topological polar surface area (TPSA) is 165 Å². The van der Waals surface area contributed by atoms with E-state index in [0.29, 0.717) is 96.3 Å². The van der Waals surface area contributed by atoms with Crippen molar-refractivity contribution in [2.75, 3.05) is 89.0 Å². The van der Waals surface area contributed by atoms with E-state index in [9.17, 15) is 9.59 Å². The Bertz CT molecular complexity index is 3520. The number of cyclic esters (lactones) is 2. The van der Waals surface area contributed by atoms with Crippen molar-refractivity contribution in [1.82, 2.24) is 0 Å². The minimum absolute atomic E-state index is 0.0882. The molecule has 6 aliphatic heterocycles. The molecule has 6 fully saturated rings. The molecule has 8 aromatic rings. The van der Waals surface area contributed by atoms with E-state index in [2.05, 4.69) is 60.7 Å². The van der Waals surface area contributed by atoms with Crippen molar-refractivity contribution in [3.05, 3.63) is 238 Å². The maximum atomic E-state index is 13.3. The minimum atomic E-state index is -0.480. The number of nitrogens with zero attached hydrogens (tertiary/aromatic N) is 2. The fourth-order valence-electron chi connectivity index (χ4n) is 11.4. The highest BCUT2D eigenvalue weighted by Crippen LogP contribution is 2.37. The Labute approximate surface area is 517 Å². The van der Waals surface area contributed by atoms with Crippen molar-refractivity contribution >= 4 is 23.6 Å². The summed E-state index contributed by atoms with van der Waals surface area (Å²) in [5.74, 6) is 4.78. The largest absolute Gasteiger partial charge is 0.490 e. The summed E-state index contributed by atoms with van der Waals surface area (Å²) < 4.78 is 71.9. The van der Waals surface area contributed by atoms with Crippen LogP contribution >= 0.6 is 0 Å². The molecule has 6 aliphatic rings. The van der Waals surface area contributed by atoms with Crippen molar-refractivity contribution in [2.24, 2.45) is 0 Å². The molecule has 14 rings (SSSR count). The Morgan fingerprint density at radius 3 is 0.876 bits per heavy atom. The molecule has 0 aromatic heterocycles. The van der Waals surface area contributed by atoms with E-state index in [0.717, 1.165) is 103 Å². The van der Waals surface area contributed by atoms with Gasteiger partial charge in [-0.3, -0.25) is 9.80 Å². The summed E-state index contributed by atoms with van der Waals surface area (Å²) in [6.45, 7) is 5.92. The first kappa shape index (κ1) is 57.7. The number of benzene rings is 8. The van der Waals surface area contributed by atoms with Gasteiger partial charge in [0.15, 0.2) is 12.2 Å². The predicted molar refractivity (Wildman–Crippen MR) is 333 cm³/mol. The third-order valence-electron chi connectivity index (χ3n) is 16.6. The van der Waals surface area contributed by atoms with Gasteiger partial charge in [0.05, 0.1) is 39.5 Å². The smallest absolute Gasteiger partial charge is 0.414 e. The molecular weight excluding hydrogens is 1130 g/mol. The van der Waals surface area contributed by atoms with Gasteiger partial charge in [0.1, 0.15) is 98.6 Å². The van der Waals surface area contributed by atoms with Gasteiger partial charge >= 0.3 is 12.2 Å². The standard InChI is InChI=1S/C73H70N2O14/c76-72-74(36-60(88-72)38-82-66-19-5-1-11-50(66)32-54-15-9-17-56(70(54)86-46-64-42-80-64)34-52-13-3-7-21-68(52)84-44-62-40-78-62)58-27-23-48(24-28-58)31-49-25-29-59(30-26-49)75-37-61(89-73(75)77)39-83-67-20-6-2-12-51(67)33-55-16-10-18-57(71(55)87-47-65-43-81-65)35-53-14-4-8-22-69(53)85-45-63-41-79-63/h1-30,60-65H,31-47H2. The molecule has 6 atom stereocenters. The van der Waals surface area contributed by atoms with Crippen LogP contribution in [0.2, 0.25) is 0 Å². The van der Waals surface area contributed by atoms with E-state index in [1.807, 2.05) is 121 Å². The summed E-state index contributed by atoms with van der Waals surface area (Å²) in [5.41, 5.74) is 11.9. The second kappa shape index (κ2) is 26.7. The normalized spacial score (nSPS) is 20.4. The van der Waals surface area contributed by atoms with E-state index in [1.54, 1.807) is 9.80 Å². The molecule has 16 nitrogen and oxygen atoms in total. The Hall–Kier alpha value is -9.06. The summed E-state index contributed by atoms with van der Waals surface area (Å²) >= 11 is 0. The fourth-order valence-corrected chi connectivity index (χ4v) is 11.4. The van der Waals surface area contributed by atoms with Gasteiger partial charge in [-0.1, -0.05) is 133 Å². The fraction of sp³-hybridized carbons (Fsp3) is 0.315. The number of epoxide rings is 4. The van der Waals surface area contributed by atoms with Gasteiger partial charge in [0, 0.05) is 37.1 Å². The number of anilines is 2. The number of rotatable bonds is 30. The molecule has 8 aromatic carbocycles. The predicted octanol–water partition coefficient (Wildman–Crippen LogP) is 11.6. The van der Waals surface area contributed by atoms with E-state index in [1.165, 1.54) is 0 Å². The molecule has 6 unspecified atom stereocenters. The van der Waals surface area contributed by atoms with Crippen molar-refractivity contribution in [3.63, 3.8) is 0 Å². The second-order valence-corrected chi connectivity index (χ2v) is 23.4. The maximum Gasteiger partial charge on any atom is 0.414 e. The monoisotopic (exact) mass is 1200 g/mol. The third kappa shape index (κ3) is 14.9. The Morgan fingerprint density at radius 2 is 0.573 bits per heavy atom. The van der Waals surface area contributed by atoms with Crippen molar-refractivity contribution < 1.29 is 66.4 Å². The van der Waals surface area contributed by atoms with E-state index < -0.39 is 24.4 Å². The van der Waals surface area contributed by atoms with Crippen LogP contribution in [0.3, 0.4) is 0 Å². The van der Waals surface area contributed by atoms with Crippen LogP contribution < -0.4 is 38.2 Å². The summed E-state index contributed by atoms with van der Waals surface area (Å²) in [6, 6.07) is 60.6. The molecule has 456 valence electrons. The molecule has 0 radical (unpaired) electrons. The molecule has 6 saturated heterocycles. The van der Waals surface area contributed by atoms with Crippen LogP contribution in [0.25, 0.3) is 0 Å². The zero-order valence-electron chi connectivity index (χ0n) is 49.4. The van der Waals surface area contributed by atoms with Gasteiger partial charge in [-0.2, -0.15) is 0 Å². The summed E-state index contributed by atoms with van der Waals surface area (Å²) in [5, 5.41) is 0. The van der Waals surface area contributed by atoms with Crippen LogP contribution in [-0.4, -0.2) is 128 Å². The van der Waals surface area contributed by atoms with Crippen molar-refractivity contribution in [3.8, 4) is 34.5 Å². The van der Waals surface area contributed by atoms with Gasteiger partial charge in [-0.25, -0.2) is 9.59 Å². The average molecular weight is 1200 g/mol. The average Bonchev–Trinajstić information content (AvgIpc) is 3.44. The van der Waals surface area contributed by atoms with Crippen LogP contribution in [0, 0.1) is 0 Å². The van der Waals surface area contributed by atoms with Gasteiger partial charge in [0.25, 0.3) is 0 Å². The quantitative estimate of drug-likeness (QED) is 0.0391. The zero-order valence-corrected chi connectivity index (χ0v) is 49.4. The Morgan fingerprint density at radius 1 is 0.303 bits per heavy atom. The molecule has 89 heavy (non-hydrogen) atoms. The number of carbonyl (C=O) groups is 2. The van der Waals surface area contributed by atoms with Gasteiger partial charge in [-0.05, 0) is 111 Å². The molecular formula is C73H70N2O14. The highest BCUT2D eigenvalue weighted by atomic mass is 16.6. The first-order valence-electron chi connectivity index (χ1n) is 30.7. The molecule has 0 bridgehead atoms. The third-order valence-corrected chi connectivity index (χ3v) is 16.6. The van der Waals surface area contributed by atoms with Crippen LogP contribution in [-0.2, 0) is 60.5 Å². The molecule has 16 heteroatoms. The number of ether oxygens (including phenoxy) is 12. The lowest BCUT2D eigenvalue weighted by atomic mass is 9.96. The maximum absolute atomic E-state index is 13.3. The van der Waals surface area contributed by atoms with Gasteiger partial charge in [-0.15, -0.1) is 0 Å². The Kier molecular flexibility index (Phi) is 17.3. The SMILES string of the molecule is O=C1OC(COc2ccccc2Cc2cccc(Cc3ccccc3OCC3CO3)c2OCC2CO2)CN1c1ccc(Cc2ccc(N3CC(COc4ccccc4Cc4cccc(Cc5ccccc5OCC5CO5)c4OCC4CO4)OC3=O)cc2)cc1. The van der Waals surface area contributed by atoms with Gasteiger partial charge in [0.2, 0.25) is 0 Å². The van der Waals surface area contributed by atoms with Crippen molar-refractivity contribution in [2.45, 2.75) is 68.7 Å². The number of carbonyl (C=O) groups excluding carboxylic acids is 2. The number of para-hydroxylation sites is 6. The van der Waals surface area contributed by atoms with E-state index in [-0.39, 0.29) is 37.6 Å². The minimum Gasteiger partial charge on any atom is -0.490 e. The van der Waals surface area contributed by atoms with Gasteiger partial charge < -0.3 is 56.8 Å². The molecule has 0 saturated carbocycles. The lowest BCUT2D eigenvalue weighted by Crippen LogP contribution is -2.26. The van der Waals surface area contributed by atoms with Crippen molar-refractivity contribution in [1.29, 1.82) is 0 Å². The summed E-state index contributed by atoms with van der Waals surface area (Å²) in [7, 11) is 0. The highest BCUT2D eigenvalue weighted by molar-refractivity contribution is 5.90. The van der Waals surface area contributed by atoms with Crippen LogP contribution in [0.5, 0.6) is 34.5 Å². The van der Waals surface area contributed by atoms with Crippen LogP contribution in [0.4, 0.5) is 21.0 Å². The summed E-state index contributed by atoms with van der Waals surface area (Å²) in [4.78, 5) is 30.0. The first-order chi connectivity index (χ1) is 43.8. The Balaban J connectivity index is 0.563. The van der Waals surface area contributed by atoms with Crippen LogP contribution in [0.15, 0.2) is 182 Å². The van der Waals surface area contributed by atoms with E-state index >= 15 is 0 Å². The number of amides is 2. The van der Waals surface area contributed by atoms with Crippen LogP contribution in [0.1, 0.15) is 55.6 Å². The lowest BCUT2D eigenvalue weighted by molar-refractivity contribution is 0.104. The summed E-state index contributed by atoms with van der Waals surface area (Å²) in [6.07, 6.45) is 1.74. The highest BCUT2D eigenvalue weighted by Gasteiger charge is 2.35. The zero-order chi connectivity index (χ0) is 59.9. The van der Waals surface area contributed by atoms with E-state index in [4.69, 9.17) is 56.8 Å². The molecule has 0 N–H and O–H groups in total. The molecule has 0 aliphatic carbocycles. The number of hydrogen-bond donors (Lipinski definition) is 0. The molecule has 2 amide bonds. The molecule has 6 heterocycles.